The highest BCUT2D eigenvalue weighted by molar-refractivity contribution is 5.87. The molecule has 0 aliphatic carbocycles. The summed E-state index contributed by atoms with van der Waals surface area (Å²) in [7, 11) is 0. The van der Waals surface area contributed by atoms with Crippen molar-refractivity contribution < 1.29 is 4.79 Å². The number of hydrogen-bond acceptors (Lipinski definition) is 2. The number of nitrogens with one attached hydrogen (secondary N) is 1. The molecule has 2 aliphatic heterocycles. The predicted molar refractivity (Wildman–Crippen MR) is 69.9 cm³/mol. The van der Waals surface area contributed by atoms with Crippen LogP contribution in [0.2, 0.25) is 0 Å². The quantitative estimate of drug-likeness (QED) is 0.818. The normalized spacial score (nSPS) is 34.0. The summed E-state index contributed by atoms with van der Waals surface area (Å²) in [6, 6.07) is 0.488. The molecule has 0 bridgehead atoms. The number of rotatable bonds is 3. The second-order valence-corrected chi connectivity index (χ2v) is 5.52. The molecular formula is C14H26N2O. The lowest BCUT2D eigenvalue weighted by atomic mass is 9.89. The average molecular weight is 238 g/mol. The second kappa shape index (κ2) is 5.38. The molecule has 3 nitrogen and oxygen atoms in total. The lowest BCUT2D eigenvalue weighted by molar-refractivity contribution is -0.142. The van der Waals surface area contributed by atoms with Crippen LogP contribution in [0.1, 0.15) is 58.8 Å². The summed E-state index contributed by atoms with van der Waals surface area (Å²) < 4.78 is 0. The summed E-state index contributed by atoms with van der Waals surface area (Å²) in [6.07, 6.45) is 7.86. The lowest BCUT2D eigenvalue weighted by Crippen LogP contribution is -2.58. The van der Waals surface area contributed by atoms with Gasteiger partial charge in [0.05, 0.1) is 5.54 Å². The van der Waals surface area contributed by atoms with E-state index in [1.807, 2.05) is 0 Å². The van der Waals surface area contributed by atoms with Gasteiger partial charge in [-0.15, -0.1) is 0 Å². The zero-order valence-corrected chi connectivity index (χ0v) is 11.3. The van der Waals surface area contributed by atoms with Crippen LogP contribution in [0.4, 0.5) is 0 Å². The molecule has 2 atom stereocenters. The first-order chi connectivity index (χ1) is 8.23. The Morgan fingerprint density at radius 1 is 1.35 bits per heavy atom. The molecule has 0 aromatic carbocycles. The number of hydrogen-bond donors (Lipinski definition) is 1. The van der Waals surface area contributed by atoms with Crippen molar-refractivity contribution in [3.8, 4) is 0 Å². The van der Waals surface area contributed by atoms with Crippen LogP contribution in [0, 0.1) is 0 Å². The van der Waals surface area contributed by atoms with Gasteiger partial charge in [-0.05, 0) is 51.5 Å². The molecule has 2 fully saturated rings. The van der Waals surface area contributed by atoms with Gasteiger partial charge in [-0.2, -0.15) is 0 Å². The largest absolute Gasteiger partial charge is 0.338 e. The number of carbonyl (C=O) groups is 1. The first-order valence-corrected chi connectivity index (χ1v) is 7.29. The SMILES string of the molecule is CCC1CCCCN1C(=O)C1(CC)CCCN1. The number of piperidine rings is 1. The molecule has 2 aliphatic rings. The van der Waals surface area contributed by atoms with Crippen LogP contribution in [0.5, 0.6) is 0 Å². The van der Waals surface area contributed by atoms with E-state index in [2.05, 4.69) is 24.1 Å². The average Bonchev–Trinajstić information content (AvgIpc) is 2.88. The zero-order valence-electron chi connectivity index (χ0n) is 11.3. The molecule has 1 N–H and O–H groups in total. The van der Waals surface area contributed by atoms with Crippen molar-refractivity contribution in [2.24, 2.45) is 0 Å². The van der Waals surface area contributed by atoms with Gasteiger partial charge in [-0.3, -0.25) is 4.79 Å². The summed E-state index contributed by atoms with van der Waals surface area (Å²) in [5, 5.41) is 3.47. The molecule has 0 aromatic heterocycles. The first kappa shape index (κ1) is 12.9. The van der Waals surface area contributed by atoms with E-state index >= 15 is 0 Å². The van der Waals surface area contributed by atoms with E-state index in [0.29, 0.717) is 11.9 Å². The van der Waals surface area contributed by atoms with E-state index in [1.54, 1.807) is 0 Å². The Labute approximate surface area is 105 Å². The van der Waals surface area contributed by atoms with Gasteiger partial charge >= 0.3 is 0 Å². The fourth-order valence-corrected chi connectivity index (χ4v) is 3.41. The van der Waals surface area contributed by atoms with E-state index in [4.69, 9.17) is 0 Å². The molecule has 2 rings (SSSR count). The fourth-order valence-electron chi connectivity index (χ4n) is 3.41. The Hall–Kier alpha value is -0.570. The van der Waals surface area contributed by atoms with Gasteiger partial charge in [0.2, 0.25) is 5.91 Å². The van der Waals surface area contributed by atoms with Gasteiger partial charge < -0.3 is 10.2 Å². The Morgan fingerprint density at radius 2 is 2.18 bits per heavy atom. The Morgan fingerprint density at radius 3 is 2.76 bits per heavy atom. The second-order valence-electron chi connectivity index (χ2n) is 5.52. The molecule has 2 saturated heterocycles. The summed E-state index contributed by atoms with van der Waals surface area (Å²) in [5.41, 5.74) is -0.231. The van der Waals surface area contributed by atoms with Gasteiger partial charge in [0.25, 0.3) is 0 Å². The molecule has 1 amide bonds. The van der Waals surface area contributed by atoms with E-state index in [9.17, 15) is 4.79 Å². The molecule has 3 heteroatoms. The van der Waals surface area contributed by atoms with E-state index in [0.717, 1.165) is 38.8 Å². The van der Waals surface area contributed by atoms with E-state index in [1.165, 1.54) is 19.3 Å². The smallest absolute Gasteiger partial charge is 0.243 e. The monoisotopic (exact) mass is 238 g/mol. The van der Waals surface area contributed by atoms with Crippen LogP contribution in [0.25, 0.3) is 0 Å². The summed E-state index contributed by atoms with van der Waals surface area (Å²) >= 11 is 0. The topological polar surface area (TPSA) is 32.3 Å². The van der Waals surface area contributed by atoms with Crippen LogP contribution in [-0.2, 0) is 4.79 Å². The zero-order chi connectivity index (χ0) is 12.3. The van der Waals surface area contributed by atoms with Crippen LogP contribution >= 0.6 is 0 Å². The summed E-state index contributed by atoms with van der Waals surface area (Å²) in [5.74, 6) is 0.379. The third-order valence-electron chi connectivity index (χ3n) is 4.62. The van der Waals surface area contributed by atoms with Crippen molar-refractivity contribution in [2.45, 2.75) is 70.4 Å². The van der Waals surface area contributed by atoms with Crippen molar-refractivity contribution in [1.29, 1.82) is 0 Å². The third-order valence-corrected chi connectivity index (χ3v) is 4.62. The molecule has 17 heavy (non-hydrogen) atoms. The highest BCUT2D eigenvalue weighted by Gasteiger charge is 2.43. The Bertz CT molecular complexity index is 271. The molecule has 2 heterocycles. The van der Waals surface area contributed by atoms with Crippen LogP contribution in [-0.4, -0.2) is 35.5 Å². The molecule has 0 aromatic rings. The first-order valence-electron chi connectivity index (χ1n) is 7.29. The van der Waals surface area contributed by atoms with Gasteiger partial charge in [0.1, 0.15) is 0 Å². The molecule has 0 saturated carbocycles. The maximum absolute atomic E-state index is 12.8. The maximum atomic E-state index is 12.8. The fraction of sp³-hybridized carbons (Fsp3) is 0.929. The van der Waals surface area contributed by atoms with Crippen molar-refractivity contribution in [3.05, 3.63) is 0 Å². The van der Waals surface area contributed by atoms with Gasteiger partial charge in [-0.25, -0.2) is 0 Å². The van der Waals surface area contributed by atoms with Crippen molar-refractivity contribution in [3.63, 3.8) is 0 Å². The molecular weight excluding hydrogens is 212 g/mol. The molecule has 0 spiro atoms. The summed E-state index contributed by atoms with van der Waals surface area (Å²) in [6.45, 7) is 6.32. The van der Waals surface area contributed by atoms with Crippen LogP contribution in [0.3, 0.4) is 0 Å². The predicted octanol–water partition coefficient (Wildman–Crippen LogP) is 2.31. The maximum Gasteiger partial charge on any atom is 0.243 e. The minimum atomic E-state index is -0.231. The standard InChI is InChI=1S/C14H26N2O/c1-3-12-8-5-6-11-16(12)13(17)14(4-2)9-7-10-15-14/h12,15H,3-11H2,1-2H3. The minimum Gasteiger partial charge on any atom is -0.338 e. The Balaban J connectivity index is 2.11. The lowest BCUT2D eigenvalue weighted by Gasteiger charge is -2.41. The van der Waals surface area contributed by atoms with Gasteiger partial charge in [0.15, 0.2) is 0 Å². The van der Waals surface area contributed by atoms with Crippen molar-refractivity contribution in [1.82, 2.24) is 10.2 Å². The van der Waals surface area contributed by atoms with E-state index < -0.39 is 0 Å². The highest BCUT2D eigenvalue weighted by atomic mass is 16.2. The van der Waals surface area contributed by atoms with Gasteiger partial charge in [0, 0.05) is 12.6 Å². The number of nitrogens with zero attached hydrogens (tertiary/aromatic N) is 1. The van der Waals surface area contributed by atoms with Crippen molar-refractivity contribution >= 4 is 5.91 Å². The molecule has 2 unspecified atom stereocenters. The van der Waals surface area contributed by atoms with Crippen LogP contribution < -0.4 is 5.32 Å². The number of carbonyl (C=O) groups excluding carboxylic acids is 1. The van der Waals surface area contributed by atoms with Crippen LogP contribution in [0.15, 0.2) is 0 Å². The summed E-state index contributed by atoms with van der Waals surface area (Å²) in [4.78, 5) is 15.0. The number of amides is 1. The third kappa shape index (κ3) is 2.35. The number of likely N-dealkylation sites (tertiary alicyclic amines) is 1. The molecule has 0 radical (unpaired) electrons. The molecule has 98 valence electrons. The minimum absolute atomic E-state index is 0.231. The van der Waals surface area contributed by atoms with Crippen molar-refractivity contribution in [2.75, 3.05) is 13.1 Å². The van der Waals surface area contributed by atoms with E-state index in [-0.39, 0.29) is 5.54 Å². The highest BCUT2D eigenvalue weighted by Crippen LogP contribution is 2.29. The van der Waals surface area contributed by atoms with Gasteiger partial charge in [-0.1, -0.05) is 13.8 Å². The Kier molecular flexibility index (Phi) is 4.08.